The quantitative estimate of drug-likeness (QED) is 0.431. The Morgan fingerprint density at radius 2 is 2.06 bits per heavy atom. The maximum absolute atomic E-state index is 10.6. The van der Waals surface area contributed by atoms with Crippen LogP contribution in [0.4, 0.5) is 5.69 Å². The second kappa shape index (κ2) is 8.03. The highest BCUT2D eigenvalue weighted by Crippen LogP contribution is 2.16. The van der Waals surface area contributed by atoms with Crippen molar-refractivity contribution in [3.8, 4) is 0 Å². The van der Waals surface area contributed by atoms with Crippen LogP contribution in [0.5, 0.6) is 0 Å². The predicted octanol–water partition coefficient (Wildman–Crippen LogP) is 1.13. The van der Waals surface area contributed by atoms with Gasteiger partial charge in [-0.05, 0) is 6.07 Å². The second-order valence-electron chi connectivity index (χ2n) is 2.59. The van der Waals surface area contributed by atoms with Crippen molar-refractivity contribution in [1.82, 2.24) is 0 Å². The smallest absolute Gasteiger partial charge is 0.342 e. The van der Waals surface area contributed by atoms with Crippen molar-refractivity contribution >= 4 is 36.7 Å². The van der Waals surface area contributed by atoms with Gasteiger partial charge in [-0.15, -0.1) is 0 Å². The molecule has 0 aliphatic heterocycles. The Morgan fingerprint density at radius 1 is 1.56 bits per heavy atom. The van der Waals surface area contributed by atoms with Gasteiger partial charge in [0.2, 0.25) is 5.69 Å². The molecule has 0 unspecified atom stereocenters. The van der Waals surface area contributed by atoms with Crippen molar-refractivity contribution in [2.75, 3.05) is 12.3 Å². The average molecular weight is 260 g/mol. The Balaban J connectivity index is 0.000000487. The molecule has 0 aromatic heterocycles. The number of benzene rings is 1. The van der Waals surface area contributed by atoms with Crippen LogP contribution in [-0.4, -0.2) is 27.5 Å². The number of thiol groups is 1. The Kier molecular flexibility index (Phi) is 7.44. The highest BCUT2D eigenvalue weighted by Gasteiger charge is 2.14. The fraction of sp³-hybridized carbons (Fsp3) is 0.222. The first-order chi connectivity index (χ1) is 7.54. The molecule has 1 aromatic carbocycles. The molecule has 88 valence electrons. The lowest BCUT2D eigenvalue weighted by atomic mass is 10.2. The van der Waals surface area contributed by atoms with Crippen LogP contribution in [0.15, 0.2) is 24.3 Å². The van der Waals surface area contributed by atoms with Gasteiger partial charge in [0.15, 0.2) is 0 Å². The minimum absolute atomic E-state index is 0.0139. The van der Waals surface area contributed by atoms with E-state index in [1.54, 1.807) is 6.07 Å². The summed E-state index contributed by atoms with van der Waals surface area (Å²) < 4.78 is 0.115. The number of para-hydroxylation sites is 1. The van der Waals surface area contributed by atoms with E-state index in [1.165, 1.54) is 18.2 Å². The maximum atomic E-state index is 10.6. The predicted molar refractivity (Wildman–Crippen MR) is 67.0 cm³/mol. The van der Waals surface area contributed by atoms with E-state index in [-0.39, 0.29) is 15.4 Å². The lowest BCUT2D eigenvalue weighted by molar-refractivity contribution is -0.325. The van der Waals surface area contributed by atoms with Crippen LogP contribution in [0.3, 0.4) is 0 Å². The van der Waals surface area contributed by atoms with E-state index >= 15 is 0 Å². The molecule has 0 atom stereocenters. The van der Waals surface area contributed by atoms with Crippen LogP contribution >= 0.6 is 12.6 Å². The molecule has 0 radical (unpaired) electrons. The van der Waals surface area contributed by atoms with Crippen LogP contribution in [0.2, 0.25) is 0 Å². The molecule has 1 rings (SSSR count). The summed E-state index contributed by atoms with van der Waals surface area (Å²) in [6, 6.07) is 5.78. The molecular formula is C9H12N2O3S2. The summed E-state index contributed by atoms with van der Waals surface area (Å²) in [6.45, 7) is 0.684. The van der Waals surface area contributed by atoms with E-state index in [0.717, 1.165) is 5.75 Å². The zero-order valence-corrected chi connectivity index (χ0v) is 10.1. The highest BCUT2D eigenvalue weighted by atomic mass is 32.1. The molecule has 1 aromatic rings. The molecule has 3 N–H and O–H groups in total. The molecule has 0 aliphatic rings. The molecule has 0 bridgehead atoms. The number of hydrogen-bond acceptors (Lipinski definition) is 5. The zero-order chi connectivity index (χ0) is 12.6. The summed E-state index contributed by atoms with van der Waals surface area (Å²) in [6.07, 6.45) is 0. The third-order valence-corrected chi connectivity index (χ3v) is 1.92. The number of nitrogens with two attached hydrogens (primary N) is 1. The largest absolute Gasteiger partial charge is 0.605 e. The van der Waals surface area contributed by atoms with Crippen LogP contribution in [-0.2, 0) is 12.4 Å². The fourth-order valence-electron chi connectivity index (χ4n) is 0.814. The first-order valence-electron chi connectivity index (χ1n) is 4.32. The third-order valence-electron chi connectivity index (χ3n) is 1.46. The molecule has 0 saturated heterocycles. The van der Waals surface area contributed by atoms with E-state index in [2.05, 4.69) is 25.1 Å². The summed E-state index contributed by atoms with van der Waals surface area (Å²) in [5, 5.41) is 19.2. The molecule has 0 spiro atoms. The minimum Gasteiger partial charge on any atom is -0.605 e. The van der Waals surface area contributed by atoms with Crippen molar-refractivity contribution in [3.63, 3.8) is 0 Å². The van der Waals surface area contributed by atoms with E-state index in [1.807, 2.05) is 0 Å². The fourth-order valence-corrected chi connectivity index (χ4v) is 0.973. The van der Waals surface area contributed by atoms with Crippen molar-refractivity contribution in [3.05, 3.63) is 35.0 Å². The van der Waals surface area contributed by atoms with Crippen molar-refractivity contribution in [2.24, 2.45) is 5.73 Å². The normalized spacial score (nSPS) is 8.88. The molecular weight excluding hydrogens is 248 g/mol. The van der Waals surface area contributed by atoms with Crippen LogP contribution in [0.1, 0.15) is 10.4 Å². The monoisotopic (exact) mass is 260 g/mol. The van der Waals surface area contributed by atoms with Gasteiger partial charge in [0.1, 0.15) is 5.56 Å². The first-order valence-corrected chi connectivity index (χ1v) is 5.32. The zero-order valence-electron chi connectivity index (χ0n) is 8.37. The summed E-state index contributed by atoms with van der Waals surface area (Å²) in [5.41, 5.74) is 4.86. The summed E-state index contributed by atoms with van der Waals surface area (Å²) in [7, 11) is 0. The van der Waals surface area contributed by atoms with Gasteiger partial charge < -0.3 is 16.0 Å². The Hall–Kier alpha value is -1.18. The van der Waals surface area contributed by atoms with E-state index in [0.29, 0.717) is 6.54 Å². The number of carbonyl (C=O) groups is 1. The topological polar surface area (TPSA) is 89.4 Å². The van der Waals surface area contributed by atoms with Crippen LogP contribution in [0.25, 0.3) is 0 Å². The third kappa shape index (κ3) is 5.06. The number of carboxylic acids is 1. The van der Waals surface area contributed by atoms with Crippen molar-refractivity contribution in [1.29, 1.82) is 0 Å². The summed E-state index contributed by atoms with van der Waals surface area (Å²) >= 11 is 8.06. The van der Waals surface area contributed by atoms with Crippen LogP contribution < -0.4 is 5.73 Å². The molecule has 0 heterocycles. The van der Waals surface area contributed by atoms with E-state index in [4.69, 9.17) is 10.8 Å². The summed E-state index contributed by atoms with van der Waals surface area (Å²) in [4.78, 5) is 10.5. The number of rotatable bonds is 3. The standard InChI is InChI=1S/C7H5NO3S.C2H7NS/c9-7(10)5-3-1-2-4-6(5)8(11)12;3-1-2-4/h1-4H,(H,9,10);4H,1-3H2. The second-order valence-corrected chi connectivity index (χ2v) is 3.37. The maximum Gasteiger partial charge on any atom is 0.342 e. The molecule has 0 amide bonds. The molecule has 0 fully saturated rings. The summed E-state index contributed by atoms with van der Waals surface area (Å²) in [5.74, 6) is -0.365. The van der Waals surface area contributed by atoms with Gasteiger partial charge in [0, 0.05) is 18.4 Å². The van der Waals surface area contributed by atoms with Crippen molar-refractivity contribution in [2.45, 2.75) is 0 Å². The Morgan fingerprint density at radius 3 is 2.38 bits per heavy atom. The van der Waals surface area contributed by atoms with Gasteiger partial charge in [-0.2, -0.15) is 12.6 Å². The molecule has 0 aliphatic carbocycles. The lowest BCUT2D eigenvalue weighted by Gasteiger charge is -1.99. The van der Waals surface area contributed by atoms with Crippen molar-refractivity contribution < 1.29 is 14.0 Å². The van der Waals surface area contributed by atoms with E-state index < -0.39 is 5.97 Å². The van der Waals surface area contributed by atoms with Gasteiger partial charge >= 0.3 is 5.97 Å². The Labute approximate surface area is 104 Å². The molecule has 7 heteroatoms. The van der Waals surface area contributed by atoms with Gasteiger partial charge in [0.25, 0.3) is 12.4 Å². The lowest BCUT2D eigenvalue weighted by Crippen LogP contribution is -2.01. The number of carboxylic acid groups (broad SMARTS) is 1. The average Bonchev–Trinajstić information content (AvgIpc) is 2.29. The number of hydrogen-bond donors (Lipinski definition) is 3. The minimum atomic E-state index is -1.16. The van der Waals surface area contributed by atoms with Gasteiger partial charge in [-0.3, -0.25) is 0 Å². The van der Waals surface area contributed by atoms with Gasteiger partial charge in [0.05, 0.1) is 0 Å². The van der Waals surface area contributed by atoms with Gasteiger partial charge in [-0.25, -0.2) is 4.79 Å². The van der Waals surface area contributed by atoms with Crippen LogP contribution in [0, 0.1) is 5.21 Å². The first kappa shape index (κ1) is 14.8. The number of nitrogens with zero attached hydrogens (tertiary/aromatic N) is 1. The SMILES string of the molecule is NCCS.O=C(O)c1ccccc1[N+]([O-])=S. The highest BCUT2D eigenvalue weighted by molar-refractivity contribution is 7.80. The van der Waals surface area contributed by atoms with E-state index in [9.17, 15) is 10.0 Å². The Bertz CT molecular complexity index is 337. The van der Waals surface area contributed by atoms with Gasteiger partial charge in [-0.1, -0.05) is 16.2 Å². The molecule has 5 nitrogen and oxygen atoms in total. The number of aromatic carboxylic acids is 1. The molecule has 16 heavy (non-hydrogen) atoms. The molecule has 0 saturated carbocycles.